The quantitative estimate of drug-likeness (QED) is 0.0683. The number of carbonyl (C=O) groups is 2. The zero-order valence-electron chi connectivity index (χ0n) is 32.3. The summed E-state index contributed by atoms with van der Waals surface area (Å²) in [5, 5.41) is 5.09. The minimum Gasteiger partial charge on any atom is -0.370 e. The van der Waals surface area contributed by atoms with E-state index in [4.69, 9.17) is 51.4 Å². The van der Waals surface area contributed by atoms with Gasteiger partial charge in [-0.1, -0.05) is 130 Å². The maximum Gasteiger partial charge on any atom is 0.280 e. The molecule has 0 aromatic heterocycles. The number of anilines is 3. The van der Waals surface area contributed by atoms with Crippen LogP contribution in [0.1, 0.15) is 96.5 Å². The smallest absolute Gasteiger partial charge is 0.280 e. The molecule has 1 aliphatic rings. The summed E-state index contributed by atoms with van der Waals surface area (Å²) in [6.07, 6.45) is 16.5. The number of hydrogen-bond donors (Lipinski definition) is 3. The van der Waals surface area contributed by atoms with E-state index in [-0.39, 0.29) is 39.6 Å². The fourth-order valence-electron chi connectivity index (χ4n) is 6.31. The molecule has 3 N–H and O–H groups in total. The van der Waals surface area contributed by atoms with Crippen LogP contribution in [-0.4, -0.2) is 52.0 Å². The number of nitrogens with zero attached hydrogens (tertiary/aromatic N) is 3. The Kier molecular flexibility index (Phi) is 18.3. The van der Waals surface area contributed by atoms with Crippen molar-refractivity contribution in [3.63, 3.8) is 0 Å². The number of unbranched alkanes of at least 4 members (excludes halogenated alkanes) is 10. The highest BCUT2D eigenvalue weighted by Gasteiger charge is 2.35. The first-order valence-corrected chi connectivity index (χ1v) is 22.7. The van der Waals surface area contributed by atoms with Crippen LogP contribution in [0.4, 0.5) is 22.7 Å². The van der Waals surface area contributed by atoms with E-state index >= 15 is 0 Å². The maximum atomic E-state index is 14.1. The molecular weight excluding hydrogens is 814 g/mol. The van der Waals surface area contributed by atoms with E-state index in [9.17, 15) is 18.0 Å². The van der Waals surface area contributed by atoms with E-state index in [0.29, 0.717) is 46.5 Å². The maximum absolute atomic E-state index is 14.1. The third kappa shape index (κ3) is 14.3. The van der Waals surface area contributed by atoms with Crippen molar-refractivity contribution in [1.82, 2.24) is 10.1 Å². The van der Waals surface area contributed by atoms with Gasteiger partial charge in [0.15, 0.2) is 5.84 Å². The second kappa shape index (κ2) is 22.6. The third-order valence-corrected chi connectivity index (χ3v) is 11.1. The minimum atomic E-state index is -3.30. The molecule has 4 rings (SSSR count). The molecule has 3 aromatic carbocycles. The predicted molar refractivity (Wildman–Crippen MR) is 236 cm³/mol. The number of likely N-dealkylation sites (N-methyl/N-ethyl adjacent to an activating group) is 1. The van der Waals surface area contributed by atoms with Crippen molar-refractivity contribution in [2.45, 2.75) is 90.9 Å². The van der Waals surface area contributed by atoms with Gasteiger partial charge < -0.3 is 10.2 Å². The van der Waals surface area contributed by atoms with Crippen molar-refractivity contribution in [2.75, 3.05) is 41.1 Å². The lowest BCUT2D eigenvalue weighted by Crippen LogP contribution is -2.36. The summed E-state index contributed by atoms with van der Waals surface area (Å²) in [5.41, 5.74) is 5.87. The Morgan fingerprint density at radius 1 is 0.839 bits per heavy atom. The summed E-state index contributed by atoms with van der Waals surface area (Å²) in [6, 6.07) is 15.5. The van der Waals surface area contributed by atoms with Crippen LogP contribution in [-0.2, 0) is 19.6 Å². The lowest BCUT2D eigenvalue weighted by atomic mass is 10.1. The second-order valence-electron chi connectivity index (χ2n) is 13.8. The largest absolute Gasteiger partial charge is 0.370 e. The first kappa shape index (κ1) is 45.4. The molecule has 0 aliphatic carbocycles. The summed E-state index contributed by atoms with van der Waals surface area (Å²) in [7, 11) is -3.30. The van der Waals surface area contributed by atoms with Gasteiger partial charge in [-0.2, -0.15) is 0 Å². The molecule has 0 bridgehead atoms. The van der Waals surface area contributed by atoms with Crippen molar-refractivity contribution in [3.8, 4) is 0 Å². The van der Waals surface area contributed by atoms with Crippen molar-refractivity contribution in [1.29, 1.82) is 0 Å². The molecule has 15 heteroatoms. The van der Waals surface area contributed by atoms with E-state index < -0.39 is 15.9 Å². The summed E-state index contributed by atoms with van der Waals surface area (Å²) in [4.78, 5) is 33.7. The van der Waals surface area contributed by atoms with Crippen LogP contribution in [0.3, 0.4) is 0 Å². The van der Waals surface area contributed by atoms with E-state index in [1.807, 2.05) is 36.1 Å². The van der Waals surface area contributed by atoms with Gasteiger partial charge in [-0.25, -0.2) is 23.1 Å². The second-order valence-corrected chi connectivity index (χ2v) is 17.3. The summed E-state index contributed by atoms with van der Waals surface area (Å²) < 4.78 is 25.6. The first-order valence-electron chi connectivity index (χ1n) is 19.2. The average molecular weight is 867 g/mol. The minimum absolute atomic E-state index is 0.0912. The number of hydrazine groups is 1. The number of benzene rings is 3. The fraction of sp³-hybridized carbons (Fsp3) is 0.439. The van der Waals surface area contributed by atoms with Crippen molar-refractivity contribution < 1.29 is 18.0 Å². The Hall–Kier alpha value is -3.32. The van der Waals surface area contributed by atoms with Gasteiger partial charge in [0.25, 0.3) is 5.91 Å². The fourth-order valence-corrected chi connectivity index (χ4v) is 7.92. The molecule has 10 nitrogen and oxygen atoms in total. The molecule has 0 unspecified atom stereocenters. The number of amidine groups is 1. The zero-order chi connectivity index (χ0) is 40.7. The number of hydrogen-bond acceptors (Lipinski definition) is 6. The summed E-state index contributed by atoms with van der Waals surface area (Å²) >= 11 is 25.9. The number of sulfonamides is 1. The molecule has 304 valence electrons. The molecule has 0 spiro atoms. The Morgan fingerprint density at radius 2 is 1.45 bits per heavy atom. The standard InChI is InChI=1S/C41H52Cl4N6O4S/c1-4-6-7-8-9-10-11-12-13-14-15-16-38(52)47-31-19-22-34(43)37(28-31)48-40-33(41(53)51(49-40)39-35(44)26-30(42)27-36(39)45)25-29-17-20-32(21-18-29)50(5-2)24-23-46-56(3,54)55/h17-22,25-28,46H,4-16,23-24H2,1-3H3,(H,47,52)(H,48,49). The van der Waals surface area contributed by atoms with E-state index in [1.54, 1.807) is 24.3 Å². The molecular formula is C41H52Cl4N6O4S. The highest BCUT2D eigenvalue weighted by molar-refractivity contribution is 7.88. The van der Waals surface area contributed by atoms with Gasteiger partial charge in [-0.15, -0.1) is 0 Å². The SMILES string of the molecule is CCCCCCCCCCCCCC(=O)Nc1ccc(Cl)c(N=C2NN(c3c(Cl)cc(Cl)cc3Cl)C(=O)C2=Cc2ccc(N(CC)CCNS(C)(=O)=O)cc2)c1. The van der Waals surface area contributed by atoms with Crippen LogP contribution in [0.25, 0.3) is 6.08 Å². The van der Waals surface area contributed by atoms with Gasteiger partial charge in [0, 0.05) is 42.5 Å². The van der Waals surface area contributed by atoms with Gasteiger partial charge >= 0.3 is 0 Å². The molecule has 56 heavy (non-hydrogen) atoms. The van der Waals surface area contributed by atoms with Crippen LogP contribution in [0.5, 0.6) is 0 Å². The van der Waals surface area contributed by atoms with Gasteiger partial charge in [0.2, 0.25) is 15.9 Å². The highest BCUT2D eigenvalue weighted by atomic mass is 35.5. The van der Waals surface area contributed by atoms with Crippen LogP contribution in [0, 0.1) is 0 Å². The van der Waals surface area contributed by atoms with Crippen LogP contribution < -0.4 is 25.4 Å². The van der Waals surface area contributed by atoms with E-state index in [1.165, 1.54) is 68.5 Å². The first-order chi connectivity index (χ1) is 26.8. The zero-order valence-corrected chi connectivity index (χ0v) is 36.1. The Labute approximate surface area is 352 Å². The Bertz CT molecular complexity index is 1950. The van der Waals surface area contributed by atoms with Gasteiger partial charge in [0.05, 0.1) is 32.6 Å². The topological polar surface area (TPSA) is 123 Å². The van der Waals surface area contributed by atoms with Gasteiger partial charge in [0.1, 0.15) is 5.69 Å². The molecule has 1 saturated heterocycles. The van der Waals surface area contributed by atoms with Crippen LogP contribution >= 0.6 is 46.4 Å². The van der Waals surface area contributed by atoms with Crippen molar-refractivity contribution in [3.05, 3.63) is 85.8 Å². The highest BCUT2D eigenvalue weighted by Crippen LogP contribution is 2.39. The molecule has 0 atom stereocenters. The average Bonchev–Trinajstić information content (AvgIpc) is 3.43. The number of halogens is 4. The van der Waals surface area contributed by atoms with Gasteiger partial charge in [-0.3, -0.25) is 15.0 Å². The molecule has 1 fully saturated rings. The van der Waals surface area contributed by atoms with Crippen LogP contribution in [0.2, 0.25) is 20.1 Å². The number of aliphatic imine (C=N–C) groups is 1. The van der Waals surface area contributed by atoms with Crippen LogP contribution in [0.15, 0.2) is 65.2 Å². The molecule has 1 heterocycles. The Morgan fingerprint density at radius 3 is 2.04 bits per heavy atom. The number of rotatable bonds is 22. The van der Waals surface area contributed by atoms with E-state index in [0.717, 1.165) is 31.2 Å². The number of nitrogens with one attached hydrogen (secondary N) is 3. The molecule has 3 aromatic rings. The van der Waals surface area contributed by atoms with E-state index in [2.05, 4.69) is 22.4 Å². The lowest BCUT2D eigenvalue weighted by Gasteiger charge is -2.23. The third-order valence-electron chi connectivity index (χ3n) is 9.28. The molecule has 1 aliphatic heterocycles. The Balaban J connectivity index is 1.50. The predicted octanol–water partition coefficient (Wildman–Crippen LogP) is 11.0. The molecule has 0 saturated carbocycles. The summed E-state index contributed by atoms with van der Waals surface area (Å²) in [5.74, 6) is -0.394. The summed E-state index contributed by atoms with van der Waals surface area (Å²) in [6.45, 7) is 5.61. The number of carbonyl (C=O) groups excluding carboxylic acids is 2. The number of amides is 2. The monoisotopic (exact) mass is 864 g/mol. The van der Waals surface area contributed by atoms with Crippen molar-refractivity contribution >= 4 is 103 Å². The molecule has 2 amide bonds. The van der Waals surface area contributed by atoms with Crippen molar-refractivity contribution in [2.24, 2.45) is 4.99 Å². The lowest BCUT2D eigenvalue weighted by molar-refractivity contribution is -0.116. The van der Waals surface area contributed by atoms with Gasteiger partial charge in [-0.05, 0) is 67.4 Å². The normalized spacial score (nSPS) is 14.5. The molecule has 0 radical (unpaired) electrons.